The molecule has 0 amide bonds. The molecule has 0 saturated carbocycles. The lowest BCUT2D eigenvalue weighted by atomic mass is 10.1. The molecule has 2 N–H and O–H groups in total. The summed E-state index contributed by atoms with van der Waals surface area (Å²) < 4.78 is 26.2. The lowest BCUT2D eigenvalue weighted by Crippen LogP contribution is -1.94. The van der Waals surface area contributed by atoms with Crippen molar-refractivity contribution in [3.05, 3.63) is 41.0 Å². The minimum Gasteiger partial charge on any atom is -0.327 e. The molecule has 1 aromatic carbocycles. The molecule has 13 heavy (non-hydrogen) atoms. The molecule has 0 heterocycles. The maximum atomic E-state index is 13.1. The fraction of sp³-hybridized carbons (Fsp3) is 0.200. The van der Waals surface area contributed by atoms with Gasteiger partial charge in [-0.05, 0) is 24.6 Å². The third-order valence-electron chi connectivity index (χ3n) is 1.64. The van der Waals surface area contributed by atoms with Gasteiger partial charge in [-0.15, -0.1) is 0 Å². The zero-order chi connectivity index (χ0) is 9.84. The van der Waals surface area contributed by atoms with Crippen molar-refractivity contribution in [2.75, 3.05) is 6.54 Å². The van der Waals surface area contributed by atoms with Crippen LogP contribution < -0.4 is 5.73 Å². The Bertz CT molecular complexity index is 309. The highest BCUT2D eigenvalue weighted by Gasteiger charge is 2.05. The van der Waals surface area contributed by atoms with Gasteiger partial charge >= 0.3 is 0 Å². The van der Waals surface area contributed by atoms with E-state index in [1.54, 1.807) is 6.92 Å². The Hall–Kier alpha value is -1.22. The first-order valence-corrected chi connectivity index (χ1v) is 3.97. The van der Waals surface area contributed by atoms with Crippen LogP contribution in [0.1, 0.15) is 11.1 Å². The van der Waals surface area contributed by atoms with Gasteiger partial charge in [0.25, 0.3) is 0 Å². The molecule has 0 saturated heterocycles. The molecule has 0 radical (unpaired) electrons. The van der Waals surface area contributed by atoms with Gasteiger partial charge < -0.3 is 5.73 Å². The van der Waals surface area contributed by atoms with Gasteiger partial charge in [0, 0.05) is 12.1 Å². The summed E-state index contributed by atoms with van der Waals surface area (Å²) >= 11 is 0. The predicted octanol–water partition coefficient (Wildman–Crippen LogP) is 2.25. The molecule has 0 aliphatic heterocycles. The van der Waals surface area contributed by atoms with E-state index in [2.05, 4.69) is 0 Å². The van der Waals surface area contributed by atoms with Crippen molar-refractivity contribution in [1.82, 2.24) is 0 Å². The van der Waals surface area contributed by atoms with Gasteiger partial charge in [0.15, 0.2) is 0 Å². The summed E-state index contributed by atoms with van der Waals surface area (Å²) in [6, 6.07) is 2.58. The first-order valence-electron chi connectivity index (χ1n) is 3.97. The third-order valence-corrected chi connectivity index (χ3v) is 1.64. The molecule has 0 atom stereocenters. The zero-order valence-electron chi connectivity index (χ0n) is 7.35. The van der Waals surface area contributed by atoms with Gasteiger partial charge in [-0.25, -0.2) is 8.78 Å². The average Bonchev–Trinajstić information content (AvgIpc) is 2.02. The first kappa shape index (κ1) is 9.86. The van der Waals surface area contributed by atoms with E-state index < -0.39 is 11.6 Å². The normalized spacial score (nSPS) is 11.1. The van der Waals surface area contributed by atoms with Crippen LogP contribution >= 0.6 is 0 Å². The van der Waals surface area contributed by atoms with Gasteiger partial charge in [0.2, 0.25) is 0 Å². The van der Waals surface area contributed by atoms with Crippen molar-refractivity contribution in [3.8, 4) is 0 Å². The Morgan fingerprint density at radius 3 is 2.31 bits per heavy atom. The predicted molar refractivity (Wildman–Crippen MR) is 49.2 cm³/mol. The molecule has 0 fully saturated rings. The summed E-state index contributed by atoms with van der Waals surface area (Å²) in [6.07, 6.45) is 2.86. The Balaban J connectivity index is 3.13. The second-order valence-corrected chi connectivity index (χ2v) is 2.78. The standard InChI is InChI=1S/C10H11F2N/c1-7-5-9(11)8(3-2-4-13)10(12)6-7/h2-3,5-6H,4,13H2,1H3/b3-2+. The van der Waals surface area contributed by atoms with E-state index >= 15 is 0 Å². The van der Waals surface area contributed by atoms with E-state index in [4.69, 9.17) is 5.73 Å². The quantitative estimate of drug-likeness (QED) is 0.747. The smallest absolute Gasteiger partial charge is 0.133 e. The van der Waals surface area contributed by atoms with Gasteiger partial charge in [-0.3, -0.25) is 0 Å². The fourth-order valence-corrected chi connectivity index (χ4v) is 1.06. The lowest BCUT2D eigenvalue weighted by Gasteiger charge is -2.00. The summed E-state index contributed by atoms with van der Waals surface area (Å²) in [5.41, 5.74) is 5.71. The van der Waals surface area contributed by atoms with Crippen LogP contribution in [-0.2, 0) is 0 Å². The van der Waals surface area contributed by atoms with Crippen LogP contribution in [0.4, 0.5) is 8.78 Å². The minimum absolute atomic E-state index is 0.0314. The molecule has 1 nitrogen and oxygen atoms in total. The Labute approximate surface area is 75.9 Å². The second-order valence-electron chi connectivity index (χ2n) is 2.78. The minimum atomic E-state index is -0.554. The molecule has 1 aromatic rings. The van der Waals surface area contributed by atoms with E-state index in [1.165, 1.54) is 24.3 Å². The van der Waals surface area contributed by atoms with Gasteiger partial charge in [-0.2, -0.15) is 0 Å². The highest BCUT2D eigenvalue weighted by molar-refractivity contribution is 5.51. The highest BCUT2D eigenvalue weighted by atomic mass is 19.1. The van der Waals surface area contributed by atoms with E-state index in [9.17, 15) is 8.78 Å². The fourth-order valence-electron chi connectivity index (χ4n) is 1.06. The summed E-state index contributed by atoms with van der Waals surface area (Å²) in [4.78, 5) is 0. The number of hydrogen-bond donors (Lipinski definition) is 1. The molecular weight excluding hydrogens is 172 g/mol. The van der Waals surface area contributed by atoms with Crippen LogP contribution in [0.2, 0.25) is 0 Å². The second kappa shape index (κ2) is 4.14. The van der Waals surface area contributed by atoms with Crippen molar-refractivity contribution in [3.63, 3.8) is 0 Å². The monoisotopic (exact) mass is 183 g/mol. The Morgan fingerprint density at radius 1 is 1.31 bits per heavy atom. The third kappa shape index (κ3) is 2.36. The van der Waals surface area contributed by atoms with Crippen LogP contribution in [0.15, 0.2) is 18.2 Å². The molecule has 0 aliphatic rings. The molecule has 0 bridgehead atoms. The van der Waals surface area contributed by atoms with E-state index in [1.807, 2.05) is 0 Å². The summed E-state index contributed by atoms with van der Waals surface area (Å²) in [5.74, 6) is -1.11. The average molecular weight is 183 g/mol. The topological polar surface area (TPSA) is 26.0 Å². The Kier molecular flexibility index (Phi) is 3.14. The maximum absolute atomic E-state index is 13.1. The summed E-state index contributed by atoms with van der Waals surface area (Å²) in [6.45, 7) is 1.91. The molecule has 0 aliphatic carbocycles. The molecule has 3 heteroatoms. The van der Waals surface area contributed by atoms with Crippen molar-refractivity contribution in [2.24, 2.45) is 5.73 Å². The number of aryl methyl sites for hydroxylation is 1. The first-order chi connectivity index (χ1) is 6.15. The van der Waals surface area contributed by atoms with Crippen molar-refractivity contribution in [2.45, 2.75) is 6.92 Å². The SMILES string of the molecule is Cc1cc(F)c(/C=C/CN)c(F)c1. The number of hydrogen-bond acceptors (Lipinski definition) is 1. The molecule has 0 unspecified atom stereocenters. The number of halogens is 2. The molecule has 0 aromatic heterocycles. The molecule has 0 spiro atoms. The Morgan fingerprint density at radius 2 is 1.85 bits per heavy atom. The summed E-state index contributed by atoms with van der Waals surface area (Å²) in [7, 11) is 0. The largest absolute Gasteiger partial charge is 0.327 e. The van der Waals surface area contributed by atoms with Crippen molar-refractivity contribution in [1.29, 1.82) is 0 Å². The molecule has 70 valence electrons. The van der Waals surface area contributed by atoms with E-state index in [0.29, 0.717) is 5.56 Å². The van der Waals surface area contributed by atoms with Crippen LogP contribution in [-0.4, -0.2) is 6.54 Å². The van der Waals surface area contributed by atoms with Gasteiger partial charge in [-0.1, -0.05) is 12.2 Å². The molecule has 1 rings (SSSR count). The lowest BCUT2D eigenvalue weighted by molar-refractivity contribution is 0.577. The van der Waals surface area contributed by atoms with Crippen LogP contribution in [0, 0.1) is 18.6 Å². The van der Waals surface area contributed by atoms with Gasteiger partial charge in [0.05, 0.1) is 0 Å². The number of rotatable bonds is 2. The maximum Gasteiger partial charge on any atom is 0.133 e. The van der Waals surface area contributed by atoms with E-state index in [0.717, 1.165) is 0 Å². The van der Waals surface area contributed by atoms with Crippen LogP contribution in [0.25, 0.3) is 6.08 Å². The highest BCUT2D eigenvalue weighted by Crippen LogP contribution is 2.16. The van der Waals surface area contributed by atoms with Crippen LogP contribution in [0.5, 0.6) is 0 Å². The number of nitrogens with two attached hydrogens (primary N) is 1. The number of benzene rings is 1. The summed E-state index contributed by atoms with van der Waals surface area (Å²) in [5, 5.41) is 0. The van der Waals surface area contributed by atoms with Crippen molar-refractivity contribution >= 4 is 6.08 Å². The van der Waals surface area contributed by atoms with E-state index in [-0.39, 0.29) is 12.1 Å². The van der Waals surface area contributed by atoms with Gasteiger partial charge in [0.1, 0.15) is 11.6 Å². The van der Waals surface area contributed by atoms with Crippen molar-refractivity contribution < 1.29 is 8.78 Å². The zero-order valence-corrected chi connectivity index (χ0v) is 7.35. The molecular formula is C10H11F2N. The van der Waals surface area contributed by atoms with Crippen LogP contribution in [0.3, 0.4) is 0 Å².